The summed E-state index contributed by atoms with van der Waals surface area (Å²) in [6.45, 7) is 2.49. The molecule has 126 valence electrons. The molecular weight excluding hydrogens is 292 g/mol. The topological polar surface area (TPSA) is 53.0 Å². The van der Waals surface area contributed by atoms with Crippen molar-refractivity contribution in [3.63, 3.8) is 0 Å². The van der Waals surface area contributed by atoms with E-state index in [0.29, 0.717) is 26.1 Å². The standard InChI is InChI=1S/C18H26N2O3/c1-19(11-14-3-7-16(23-2)8-4-14)12-18(22)9-10-20(13-18)17(21)15-5-6-15/h3-4,7-8,15,22H,5-6,9-13H2,1-2H3. The minimum Gasteiger partial charge on any atom is -0.497 e. The molecule has 5 nitrogen and oxygen atoms in total. The average molecular weight is 318 g/mol. The van der Waals surface area contributed by atoms with Gasteiger partial charge in [0, 0.05) is 25.6 Å². The number of carbonyl (C=O) groups excluding carboxylic acids is 1. The first-order valence-corrected chi connectivity index (χ1v) is 8.32. The Labute approximate surface area is 137 Å². The van der Waals surface area contributed by atoms with E-state index >= 15 is 0 Å². The highest BCUT2D eigenvalue weighted by Gasteiger charge is 2.42. The molecule has 1 heterocycles. The molecule has 1 saturated carbocycles. The van der Waals surface area contributed by atoms with E-state index in [1.807, 2.05) is 36.2 Å². The molecule has 1 atom stereocenters. The Morgan fingerprint density at radius 3 is 2.70 bits per heavy atom. The zero-order valence-corrected chi connectivity index (χ0v) is 14.0. The van der Waals surface area contributed by atoms with Gasteiger partial charge in [-0.25, -0.2) is 0 Å². The number of methoxy groups -OCH3 is 1. The van der Waals surface area contributed by atoms with Crippen molar-refractivity contribution in [2.45, 2.75) is 31.4 Å². The normalized spacial score (nSPS) is 24.3. The summed E-state index contributed by atoms with van der Waals surface area (Å²) in [6, 6.07) is 7.97. The molecule has 1 N–H and O–H groups in total. The molecule has 2 aliphatic rings. The van der Waals surface area contributed by atoms with Crippen LogP contribution in [0.2, 0.25) is 0 Å². The third kappa shape index (κ3) is 4.03. The molecule has 0 bridgehead atoms. The third-order valence-corrected chi connectivity index (χ3v) is 4.75. The Balaban J connectivity index is 1.52. The SMILES string of the molecule is COc1ccc(CN(C)CC2(O)CCN(C(=O)C3CC3)C2)cc1. The van der Waals surface area contributed by atoms with Gasteiger partial charge in [0.15, 0.2) is 0 Å². The highest BCUT2D eigenvalue weighted by Crippen LogP contribution is 2.34. The van der Waals surface area contributed by atoms with Crippen molar-refractivity contribution >= 4 is 5.91 Å². The molecule has 1 aliphatic heterocycles. The molecule has 1 unspecified atom stereocenters. The number of ether oxygens (including phenoxy) is 1. The Bertz CT molecular complexity index is 556. The zero-order chi connectivity index (χ0) is 16.4. The monoisotopic (exact) mass is 318 g/mol. The van der Waals surface area contributed by atoms with E-state index in [4.69, 9.17) is 4.74 Å². The maximum absolute atomic E-state index is 12.1. The lowest BCUT2D eigenvalue weighted by molar-refractivity contribution is -0.132. The molecule has 1 saturated heterocycles. The van der Waals surface area contributed by atoms with Crippen LogP contribution in [0.25, 0.3) is 0 Å². The summed E-state index contributed by atoms with van der Waals surface area (Å²) in [5, 5.41) is 10.8. The number of likely N-dealkylation sites (tertiary alicyclic amines) is 1. The van der Waals surface area contributed by atoms with Crippen molar-refractivity contribution in [1.29, 1.82) is 0 Å². The quantitative estimate of drug-likeness (QED) is 0.864. The lowest BCUT2D eigenvalue weighted by atomic mass is 10.0. The summed E-state index contributed by atoms with van der Waals surface area (Å²) < 4.78 is 5.17. The number of β-amino-alcohol motifs (C(OH)–C–C–N with tert-alkyl or cyclic N) is 1. The van der Waals surface area contributed by atoms with Gasteiger partial charge in [0.05, 0.1) is 19.3 Å². The smallest absolute Gasteiger partial charge is 0.225 e. The van der Waals surface area contributed by atoms with E-state index < -0.39 is 5.60 Å². The number of amides is 1. The zero-order valence-electron chi connectivity index (χ0n) is 14.0. The van der Waals surface area contributed by atoms with E-state index in [9.17, 15) is 9.90 Å². The first-order valence-electron chi connectivity index (χ1n) is 8.32. The van der Waals surface area contributed by atoms with Gasteiger partial charge < -0.3 is 14.7 Å². The third-order valence-electron chi connectivity index (χ3n) is 4.75. The number of carbonyl (C=O) groups is 1. The molecule has 1 aromatic carbocycles. The molecule has 0 aromatic heterocycles. The molecule has 0 radical (unpaired) electrons. The first kappa shape index (κ1) is 16.3. The molecule has 1 aliphatic carbocycles. The number of nitrogens with zero attached hydrogens (tertiary/aromatic N) is 2. The van der Waals surface area contributed by atoms with E-state index in [1.54, 1.807) is 7.11 Å². The summed E-state index contributed by atoms with van der Waals surface area (Å²) in [5.74, 6) is 1.31. The summed E-state index contributed by atoms with van der Waals surface area (Å²) in [6.07, 6.45) is 2.70. The van der Waals surface area contributed by atoms with Crippen LogP contribution in [-0.2, 0) is 11.3 Å². The summed E-state index contributed by atoms with van der Waals surface area (Å²) in [7, 11) is 3.67. The van der Waals surface area contributed by atoms with Crippen LogP contribution in [0.15, 0.2) is 24.3 Å². The molecule has 1 aromatic rings. The van der Waals surface area contributed by atoms with E-state index in [-0.39, 0.29) is 11.8 Å². The van der Waals surface area contributed by atoms with Crippen molar-refractivity contribution in [1.82, 2.24) is 9.80 Å². The predicted octanol–water partition coefficient (Wildman–Crippen LogP) is 1.50. The van der Waals surface area contributed by atoms with Crippen molar-refractivity contribution in [3.05, 3.63) is 29.8 Å². The van der Waals surface area contributed by atoms with Gasteiger partial charge in [-0.3, -0.25) is 9.69 Å². The molecular formula is C18H26N2O3. The van der Waals surface area contributed by atoms with Gasteiger partial charge in [0.1, 0.15) is 5.75 Å². The second kappa shape index (κ2) is 6.49. The average Bonchev–Trinajstić information content (AvgIpc) is 3.30. The molecule has 5 heteroatoms. The van der Waals surface area contributed by atoms with Crippen LogP contribution >= 0.6 is 0 Å². The number of benzene rings is 1. The van der Waals surface area contributed by atoms with Gasteiger partial charge in [-0.2, -0.15) is 0 Å². The summed E-state index contributed by atoms with van der Waals surface area (Å²) in [4.78, 5) is 16.1. The van der Waals surface area contributed by atoms with Crippen molar-refractivity contribution in [2.24, 2.45) is 5.92 Å². The fraction of sp³-hybridized carbons (Fsp3) is 0.611. The van der Waals surface area contributed by atoms with Gasteiger partial charge >= 0.3 is 0 Å². The van der Waals surface area contributed by atoms with Gasteiger partial charge in [-0.15, -0.1) is 0 Å². The van der Waals surface area contributed by atoms with Crippen LogP contribution in [-0.4, -0.2) is 60.2 Å². The summed E-state index contributed by atoms with van der Waals surface area (Å²) >= 11 is 0. The van der Waals surface area contributed by atoms with Gasteiger partial charge in [-0.05, 0) is 44.0 Å². The number of rotatable bonds is 6. The van der Waals surface area contributed by atoms with Crippen LogP contribution in [0.5, 0.6) is 5.75 Å². The van der Waals surface area contributed by atoms with Crippen LogP contribution in [0, 0.1) is 5.92 Å². The van der Waals surface area contributed by atoms with Gasteiger partial charge in [0.2, 0.25) is 5.91 Å². The van der Waals surface area contributed by atoms with Gasteiger partial charge in [-0.1, -0.05) is 12.1 Å². The number of aliphatic hydroxyl groups is 1. The fourth-order valence-electron chi connectivity index (χ4n) is 3.36. The molecule has 1 amide bonds. The Morgan fingerprint density at radius 1 is 1.39 bits per heavy atom. The number of likely N-dealkylation sites (N-methyl/N-ethyl adjacent to an activating group) is 1. The van der Waals surface area contributed by atoms with Crippen LogP contribution in [0.3, 0.4) is 0 Å². The maximum Gasteiger partial charge on any atom is 0.225 e. The summed E-state index contributed by atoms with van der Waals surface area (Å²) in [5.41, 5.74) is 0.395. The Kier molecular flexibility index (Phi) is 4.60. The lowest BCUT2D eigenvalue weighted by Crippen LogP contribution is -2.44. The first-order chi connectivity index (χ1) is 11.0. The maximum atomic E-state index is 12.1. The predicted molar refractivity (Wildman–Crippen MR) is 88.2 cm³/mol. The lowest BCUT2D eigenvalue weighted by Gasteiger charge is -2.29. The van der Waals surface area contributed by atoms with Crippen LogP contribution < -0.4 is 4.74 Å². The molecule has 2 fully saturated rings. The molecule has 0 spiro atoms. The number of hydrogen-bond donors (Lipinski definition) is 1. The van der Waals surface area contributed by atoms with Gasteiger partial charge in [0.25, 0.3) is 0 Å². The molecule has 23 heavy (non-hydrogen) atoms. The second-order valence-electron chi connectivity index (χ2n) is 7.03. The largest absolute Gasteiger partial charge is 0.497 e. The Morgan fingerprint density at radius 2 is 2.09 bits per heavy atom. The Hall–Kier alpha value is -1.59. The highest BCUT2D eigenvalue weighted by atomic mass is 16.5. The minimum absolute atomic E-state index is 0.231. The van der Waals surface area contributed by atoms with E-state index in [0.717, 1.165) is 25.1 Å². The fourth-order valence-corrected chi connectivity index (χ4v) is 3.36. The van der Waals surface area contributed by atoms with E-state index in [1.165, 1.54) is 5.56 Å². The molecule has 3 rings (SSSR count). The van der Waals surface area contributed by atoms with Crippen LogP contribution in [0.1, 0.15) is 24.8 Å². The highest BCUT2D eigenvalue weighted by molar-refractivity contribution is 5.81. The van der Waals surface area contributed by atoms with Crippen LogP contribution in [0.4, 0.5) is 0 Å². The van der Waals surface area contributed by atoms with Crippen molar-refractivity contribution < 1.29 is 14.6 Å². The van der Waals surface area contributed by atoms with E-state index in [2.05, 4.69) is 4.90 Å². The minimum atomic E-state index is -0.786. The van der Waals surface area contributed by atoms with Crippen molar-refractivity contribution in [3.8, 4) is 5.75 Å². The van der Waals surface area contributed by atoms with Crippen molar-refractivity contribution in [2.75, 3.05) is 33.8 Å². The number of hydrogen-bond acceptors (Lipinski definition) is 4. The second-order valence-corrected chi connectivity index (χ2v) is 7.03.